The summed E-state index contributed by atoms with van der Waals surface area (Å²) in [6.45, 7) is 4.31. The Balaban J connectivity index is 0.00000420. The largest absolute Gasteiger partial charge is 0.433 e. The Morgan fingerprint density at radius 3 is 2.66 bits per heavy atom. The number of para-hydroxylation sites is 2. The molecule has 29 heavy (non-hydrogen) atoms. The van der Waals surface area contributed by atoms with E-state index in [9.17, 15) is 13.6 Å². The number of carbonyl (C=O) groups is 1. The van der Waals surface area contributed by atoms with Crippen LogP contribution >= 0.6 is 24.0 Å². The molecule has 2 rings (SSSR count). The average molecular weight is 525 g/mol. The zero-order chi connectivity index (χ0) is 20.7. The van der Waals surface area contributed by atoms with E-state index in [1.165, 1.54) is 6.07 Å². The highest BCUT2D eigenvalue weighted by Gasteiger charge is 2.26. The summed E-state index contributed by atoms with van der Waals surface area (Å²) in [6, 6.07) is 6.83. The maximum atomic E-state index is 12.6. The third-order valence-corrected chi connectivity index (χ3v) is 4.11. The van der Waals surface area contributed by atoms with E-state index in [0.29, 0.717) is 24.7 Å². The van der Waals surface area contributed by atoms with Crippen LogP contribution in [0.25, 0.3) is 0 Å². The minimum absolute atomic E-state index is 0. The van der Waals surface area contributed by atoms with Gasteiger partial charge in [-0.05, 0) is 39.3 Å². The van der Waals surface area contributed by atoms with Gasteiger partial charge in [0.2, 0.25) is 5.91 Å². The highest BCUT2D eigenvalue weighted by atomic mass is 127. The zero-order valence-electron chi connectivity index (χ0n) is 17.2. The highest BCUT2D eigenvalue weighted by molar-refractivity contribution is 14.0. The van der Waals surface area contributed by atoms with E-state index >= 15 is 0 Å². The van der Waals surface area contributed by atoms with Gasteiger partial charge in [0.1, 0.15) is 5.75 Å². The second kappa shape index (κ2) is 11.4. The van der Waals surface area contributed by atoms with Gasteiger partial charge in [0.05, 0.1) is 12.2 Å². The number of halogens is 3. The highest BCUT2D eigenvalue weighted by Crippen LogP contribution is 2.31. The van der Waals surface area contributed by atoms with Gasteiger partial charge in [-0.15, -0.1) is 24.0 Å². The number of rotatable bonds is 6. The molecule has 0 radical (unpaired) electrons. The van der Waals surface area contributed by atoms with E-state index in [2.05, 4.69) is 25.7 Å². The van der Waals surface area contributed by atoms with E-state index in [4.69, 9.17) is 0 Å². The van der Waals surface area contributed by atoms with Crippen LogP contribution in [0.3, 0.4) is 0 Å². The predicted octanol–water partition coefficient (Wildman–Crippen LogP) is 2.56. The Bertz CT molecular complexity index is 697. The Morgan fingerprint density at radius 1 is 1.34 bits per heavy atom. The Morgan fingerprint density at radius 2 is 2.03 bits per heavy atom. The molecule has 0 spiro atoms. The van der Waals surface area contributed by atoms with Crippen LogP contribution in [0.5, 0.6) is 5.75 Å². The van der Waals surface area contributed by atoms with Gasteiger partial charge in [-0.1, -0.05) is 12.1 Å². The molecule has 1 fully saturated rings. The number of hydrogen-bond donors (Lipinski definition) is 3. The number of nitrogens with zero attached hydrogens (tertiary/aromatic N) is 2. The lowest BCUT2D eigenvalue weighted by atomic mass is 10.1. The van der Waals surface area contributed by atoms with Gasteiger partial charge in [-0.3, -0.25) is 9.79 Å². The van der Waals surface area contributed by atoms with Crippen molar-refractivity contribution in [2.45, 2.75) is 45.4 Å². The molecule has 0 aliphatic carbocycles. The van der Waals surface area contributed by atoms with E-state index in [0.717, 1.165) is 6.42 Å². The quantitative estimate of drug-likeness (QED) is 0.303. The molecule has 164 valence electrons. The Kier molecular flexibility index (Phi) is 9.87. The van der Waals surface area contributed by atoms with Crippen molar-refractivity contribution < 1.29 is 18.3 Å². The third kappa shape index (κ3) is 8.58. The maximum Gasteiger partial charge on any atom is 0.387 e. The number of benzene rings is 1. The van der Waals surface area contributed by atoms with Gasteiger partial charge >= 0.3 is 6.61 Å². The summed E-state index contributed by atoms with van der Waals surface area (Å²) in [7, 11) is 1.63. The van der Waals surface area contributed by atoms with Gasteiger partial charge in [0.15, 0.2) is 5.96 Å². The summed E-state index contributed by atoms with van der Waals surface area (Å²) in [4.78, 5) is 18.1. The van der Waals surface area contributed by atoms with Crippen molar-refractivity contribution in [3.05, 3.63) is 24.3 Å². The van der Waals surface area contributed by atoms with Crippen molar-refractivity contribution in [1.82, 2.24) is 16.0 Å². The molecule has 1 unspecified atom stereocenters. The molecule has 1 aromatic rings. The van der Waals surface area contributed by atoms with Crippen LogP contribution in [0.15, 0.2) is 29.3 Å². The fourth-order valence-electron chi connectivity index (χ4n) is 3.03. The summed E-state index contributed by atoms with van der Waals surface area (Å²) in [6.07, 6.45) is 0.803. The lowest BCUT2D eigenvalue weighted by Crippen LogP contribution is -2.50. The SMILES string of the molecule is CN=C(NCC(=O)NC(C)(C)C)NC1CCN(c2ccccc2OC(F)F)C1.I. The molecule has 3 N–H and O–H groups in total. The standard InChI is InChI=1S/C19H29F2N5O2.HI/c1-19(2,3)25-16(27)11-23-18(22-4)24-13-9-10-26(12-13)14-7-5-6-8-15(14)28-17(20)21;/h5-8,13,17H,9-12H2,1-4H3,(H,25,27)(H2,22,23,24);1H. The van der Waals surface area contributed by atoms with Crippen LogP contribution in [0, 0.1) is 0 Å². The molecule has 1 aliphatic heterocycles. The maximum absolute atomic E-state index is 12.6. The lowest BCUT2D eigenvalue weighted by Gasteiger charge is -2.23. The van der Waals surface area contributed by atoms with Crippen LogP contribution < -0.4 is 25.6 Å². The Labute approximate surface area is 187 Å². The number of ether oxygens (including phenoxy) is 1. The lowest BCUT2D eigenvalue weighted by molar-refractivity contribution is -0.121. The molecule has 7 nitrogen and oxygen atoms in total. The van der Waals surface area contributed by atoms with Gasteiger partial charge in [0.25, 0.3) is 0 Å². The molecule has 1 saturated heterocycles. The van der Waals surface area contributed by atoms with Gasteiger partial charge < -0.3 is 25.6 Å². The smallest absolute Gasteiger partial charge is 0.387 e. The van der Waals surface area contributed by atoms with Crippen molar-refractivity contribution in [2.75, 3.05) is 31.6 Å². The van der Waals surface area contributed by atoms with Crippen molar-refractivity contribution in [3.8, 4) is 5.75 Å². The van der Waals surface area contributed by atoms with Crippen molar-refractivity contribution in [1.29, 1.82) is 0 Å². The van der Waals surface area contributed by atoms with Crippen LogP contribution in [0.1, 0.15) is 27.2 Å². The number of aliphatic imine (C=N–C) groups is 1. The molecular formula is C19H30F2IN5O2. The Hall–Kier alpha value is -1.85. The van der Waals surface area contributed by atoms with Crippen LogP contribution in [0.2, 0.25) is 0 Å². The van der Waals surface area contributed by atoms with Crippen LogP contribution in [-0.2, 0) is 4.79 Å². The number of anilines is 1. The molecule has 1 aromatic carbocycles. The summed E-state index contributed by atoms with van der Waals surface area (Å²) in [5.74, 6) is 0.564. The van der Waals surface area contributed by atoms with Crippen molar-refractivity contribution >= 4 is 41.5 Å². The zero-order valence-corrected chi connectivity index (χ0v) is 19.5. The molecule has 1 aliphatic rings. The number of alkyl halides is 2. The second-order valence-corrected chi connectivity index (χ2v) is 7.65. The van der Waals surface area contributed by atoms with Gasteiger partial charge in [-0.2, -0.15) is 8.78 Å². The first kappa shape index (κ1) is 25.2. The first-order chi connectivity index (χ1) is 13.2. The minimum Gasteiger partial charge on any atom is -0.433 e. The van der Waals surface area contributed by atoms with E-state index in [-0.39, 0.29) is 53.8 Å². The van der Waals surface area contributed by atoms with Crippen LogP contribution in [0.4, 0.5) is 14.5 Å². The summed E-state index contributed by atoms with van der Waals surface area (Å²) < 4.78 is 29.9. The second-order valence-electron chi connectivity index (χ2n) is 7.65. The summed E-state index contributed by atoms with van der Waals surface area (Å²) >= 11 is 0. The summed E-state index contributed by atoms with van der Waals surface area (Å²) in [5, 5.41) is 9.14. The monoisotopic (exact) mass is 525 g/mol. The molecule has 10 heteroatoms. The fourth-order valence-corrected chi connectivity index (χ4v) is 3.03. The predicted molar refractivity (Wildman–Crippen MR) is 122 cm³/mol. The molecule has 1 amide bonds. The molecule has 1 atom stereocenters. The van der Waals surface area contributed by atoms with E-state index in [1.54, 1.807) is 25.2 Å². The first-order valence-corrected chi connectivity index (χ1v) is 9.25. The molecule has 0 aromatic heterocycles. The van der Waals surface area contributed by atoms with Gasteiger partial charge in [-0.25, -0.2) is 0 Å². The molecule has 0 saturated carbocycles. The minimum atomic E-state index is -2.86. The van der Waals surface area contributed by atoms with E-state index in [1.807, 2.05) is 25.7 Å². The molecule has 1 heterocycles. The van der Waals surface area contributed by atoms with Crippen molar-refractivity contribution in [3.63, 3.8) is 0 Å². The van der Waals surface area contributed by atoms with Crippen molar-refractivity contribution in [2.24, 2.45) is 4.99 Å². The third-order valence-electron chi connectivity index (χ3n) is 4.11. The topological polar surface area (TPSA) is 78.0 Å². The normalized spacial score (nSPS) is 17.0. The number of guanidine groups is 1. The number of amides is 1. The fraction of sp³-hybridized carbons (Fsp3) is 0.579. The summed E-state index contributed by atoms with van der Waals surface area (Å²) in [5.41, 5.74) is 0.342. The average Bonchev–Trinajstić information content (AvgIpc) is 3.05. The number of carbonyl (C=O) groups excluding carboxylic acids is 1. The number of nitrogens with one attached hydrogen (secondary N) is 3. The molecular weight excluding hydrogens is 495 g/mol. The number of hydrogen-bond acceptors (Lipinski definition) is 4. The first-order valence-electron chi connectivity index (χ1n) is 9.25. The van der Waals surface area contributed by atoms with E-state index < -0.39 is 6.61 Å². The van der Waals surface area contributed by atoms with Gasteiger partial charge in [0, 0.05) is 31.7 Å². The molecule has 0 bridgehead atoms. The van der Waals surface area contributed by atoms with Crippen LogP contribution in [-0.4, -0.2) is 56.7 Å².